The van der Waals surface area contributed by atoms with E-state index >= 15 is 0 Å². The zero-order valence-electron chi connectivity index (χ0n) is 10.8. The van der Waals surface area contributed by atoms with E-state index in [-0.39, 0.29) is 11.9 Å². The third-order valence-corrected chi connectivity index (χ3v) is 2.18. The maximum absolute atomic E-state index is 11.2. The molecule has 1 amide bonds. The summed E-state index contributed by atoms with van der Waals surface area (Å²) in [6.45, 7) is 11.8. The predicted molar refractivity (Wildman–Crippen MR) is 62.4 cm³/mol. The lowest BCUT2D eigenvalue weighted by Crippen LogP contribution is -2.52. The van der Waals surface area contributed by atoms with Crippen LogP contribution < -0.4 is 0 Å². The van der Waals surface area contributed by atoms with Crippen LogP contribution in [0.1, 0.15) is 34.6 Å². The van der Waals surface area contributed by atoms with Crippen molar-refractivity contribution in [1.82, 2.24) is 9.80 Å². The predicted octanol–water partition coefficient (Wildman–Crippen LogP) is 1.83. The summed E-state index contributed by atoms with van der Waals surface area (Å²) in [5.74, 6) is 0.230. The van der Waals surface area contributed by atoms with E-state index in [2.05, 4.69) is 4.90 Å². The maximum atomic E-state index is 11.2. The van der Waals surface area contributed by atoms with Crippen molar-refractivity contribution in [3.8, 4) is 0 Å². The molecule has 0 saturated carbocycles. The van der Waals surface area contributed by atoms with Crippen LogP contribution in [0.2, 0.25) is 0 Å². The summed E-state index contributed by atoms with van der Waals surface area (Å²) in [7, 11) is 3.83. The molecule has 0 aromatic carbocycles. The van der Waals surface area contributed by atoms with Gasteiger partial charge in [0.2, 0.25) is 5.91 Å². The minimum absolute atomic E-state index is 0.0683. The Morgan fingerprint density at radius 1 is 1.07 bits per heavy atom. The molecule has 1 unspecified atom stereocenters. The summed E-state index contributed by atoms with van der Waals surface area (Å²) in [5.41, 5.74) is 0. The first-order chi connectivity index (χ1) is 6.63. The van der Waals surface area contributed by atoms with E-state index in [4.69, 9.17) is 0 Å². The van der Waals surface area contributed by atoms with Crippen LogP contribution in [0.25, 0.3) is 0 Å². The number of hydrogen-bond acceptors (Lipinski definition) is 2. The third-order valence-electron chi connectivity index (χ3n) is 2.18. The van der Waals surface area contributed by atoms with Crippen LogP contribution in [0.3, 0.4) is 0 Å². The van der Waals surface area contributed by atoms with Crippen LogP contribution in [-0.2, 0) is 4.79 Å². The van der Waals surface area contributed by atoms with Gasteiger partial charge in [-0.2, -0.15) is 0 Å². The minimum Gasteiger partial charge on any atom is -0.343 e. The van der Waals surface area contributed by atoms with Gasteiger partial charge < -0.3 is 4.90 Å². The number of rotatable bonds is 0. The molecule has 1 atom stereocenters. The monoisotopic (exact) mass is 202 g/mol. The van der Waals surface area contributed by atoms with Gasteiger partial charge in [0.1, 0.15) is 0 Å². The molecule has 0 aromatic heterocycles. The second-order valence-corrected chi connectivity index (χ2v) is 2.92. The normalized spacial score (nSPS) is 21.8. The van der Waals surface area contributed by atoms with Crippen LogP contribution in [0, 0.1) is 0 Å². The molecular formula is C11H26N2O. The first-order valence-corrected chi connectivity index (χ1v) is 5.58. The fraction of sp³-hybridized carbons (Fsp3) is 0.909. The summed E-state index contributed by atoms with van der Waals surface area (Å²) < 4.78 is 0. The molecule has 14 heavy (non-hydrogen) atoms. The van der Waals surface area contributed by atoms with Gasteiger partial charge >= 0.3 is 0 Å². The van der Waals surface area contributed by atoms with Crippen molar-refractivity contribution in [3.05, 3.63) is 0 Å². The average molecular weight is 202 g/mol. The molecule has 1 aliphatic rings. The van der Waals surface area contributed by atoms with E-state index in [0.29, 0.717) is 0 Å². The van der Waals surface area contributed by atoms with Crippen molar-refractivity contribution in [2.75, 3.05) is 27.2 Å². The molecule has 3 nitrogen and oxygen atoms in total. The molecule has 0 aromatic rings. The molecule has 0 bridgehead atoms. The van der Waals surface area contributed by atoms with Crippen LogP contribution >= 0.6 is 0 Å². The van der Waals surface area contributed by atoms with Gasteiger partial charge in [0.05, 0.1) is 6.04 Å². The van der Waals surface area contributed by atoms with Crippen LogP contribution in [0.15, 0.2) is 0 Å². The van der Waals surface area contributed by atoms with Crippen molar-refractivity contribution in [2.24, 2.45) is 0 Å². The lowest BCUT2D eigenvalue weighted by molar-refractivity contribution is -0.138. The fourth-order valence-electron chi connectivity index (χ4n) is 1.12. The van der Waals surface area contributed by atoms with Crippen molar-refractivity contribution < 1.29 is 4.79 Å². The molecule has 86 valence electrons. The third kappa shape index (κ3) is 4.61. The molecule has 1 fully saturated rings. The summed E-state index contributed by atoms with van der Waals surface area (Å²) in [6.07, 6.45) is 0. The number of amides is 1. The van der Waals surface area contributed by atoms with Crippen LogP contribution in [0.4, 0.5) is 0 Å². The van der Waals surface area contributed by atoms with E-state index in [9.17, 15) is 4.79 Å². The van der Waals surface area contributed by atoms with E-state index in [1.54, 1.807) is 4.90 Å². The zero-order valence-corrected chi connectivity index (χ0v) is 10.8. The number of piperazine rings is 1. The average Bonchev–Trinajstić information content (AvgIpc) is 2.26. The van der Waals surface area contributed by atoms with Crippen molar-refractivity contribution in [1.29, 1.82) is 0 Å². The smallest absolute Gasteiger partial charge is 0.239 e. The Bertz CT molecular complexity index is 148. The number of carbonyl (C=O) groups excluding carboxylic acids is 1. The molecule has 0 N–H and O–H groups in total. The number of hydrogen-bond donors (Lipinski definition) is 0. The summed E-state index contributed by atoms with van der Waals surface area (Å²) >= 11 is 0. The summed E-state index contributed by atoms with van der Waals surface area (Å²) in [6, 6.07) is 0.0683. The van der Waals surface area contributed by atoms with E-state index < -0.39 is 0 Å². The molecule has 0 radical (unpaired) electrons. The van der Waals surface area contributed by atoms with Gasteiger partial charge in [-0.1, -0.05) is 27.7 Å². The molecule has 0 spiro atoms. The van der Waals surface area contributed by atoms with Gasteiger partial charge in [0, 0.05) is 20.1 Å². The number of likely N-dealkylation sites (N-methyl/N-ethyl adjacent to an activating group) is 2. The van der Waals surface area contributed by atoms with Crippen LogP contribution in [-0.4, -0.2) is 48.9 Å². The SMILES string of the molecule is CC.CC.CC1C(=O)N(C)CCN1C. The Kier molecular flexibility index (Phi) is 10.2. The topological polar surface area (TPSA) is 23.6 Å². The highest BCUT2D eigenvalue weighted by atomic mass is 16.2. The maximum Gasteiger partial charge on any atom is 0.239 e. The zero-order chi connectivity index (χ0) is 11.7. The molecule has 1 saturated heterocycles. The quantitative estimate of drug-likeness (QED) is 0.598. The second kappa shape index (κ2) is 9.00. The second-order valence-electron chi connectivity index (χ2n) is 2.92. The standard InChI is InChI=1S/C7H14N2O.2C2H6/c1-6-7(10)9(3)5-4-8(6)2;2*1-2/h6H,4-5H2,1-3H3;2*1-2H3. The first kappa shape index (κ1) is 15.9. The molecular weight excluding hydrogens is 176 g/mol. The van der Waals surface area contributed by atoms with Gasteiger partial charge in [-0.05, 0) is 14.0 Å². The van der Waals surface area contributed by atoms with Gasteiger partial charge in [0.25, 0.3) is 0 Å². The Balaban J connectivity index is 0. The number of nitrogens with zero attached hydrogens (tertiary/aromatic N) is 2. The molecule has 1 heterocycles. The largest absolute Gasteiger partial charge is 0.343 e. The highest BCUT2D eigenvalue weighted by molar-refractivity contribution is 5.81. The van der Waals surface area contributed by atoms with E-state index in [0.717, 1.165) is 13.1 Å². The molecule has 0 aliphatic carbocycles. The molecule has 1 aliphatic heterocycles. The van der Waals surface area contributed by atoms with E-state index in [1.165, 1.54) is 0 Å². The van der Waals surface area contributed by atoms with Crippen molar-refractivity contribution in [3.63, 3.8) is 0 Å². The van der Waals surface area contributed by atoms with Gasteiger partial charge in [-0.25, -0.2) is 0 Å². The van der Waals surface area contributed by atoms with Gasteiger partial charge in [0.15, 0.2) is 0 Å². The van der Waals surface area contributed by atoms with Crippen molar-refractivity contribution >= 4 is 5.91 Å². The Labute approximate surface area is 89.1 Å². The van der Waals surface area contributed by atoms with Crippen LogP contribution in [0.5, 0.6) is 0 Å². The van der Waals surface area contributed by atoms with Gasteiger partial charge in [-0.3, -0.25) is 9.69 Å². The number of carbonyl (C=O) groups is 1. The highest BCUT2D eigenvalue weighted by Crippen LogP contribution is 2.05. The van der Waals surface area contributed by atoms with Crippen molar-refractivity contribution in [2.45, 2.75) is 40.7 Å². The summed E-state index contributed by atoms with van der Waals surface area (Å²) in [5, 5.41) is 0. The first-order valence-electron chi connectivity index (χ1n) is 5.58. The fourth-order valence-corrected chi connectivity index (χ4v) is 1.12. The lowest BCUT2D eigenvalue weighted by Gasteiger charge is -2.34. The van der Waals surface area contributed by atoms with Gasteiger partial charge in [-0.15, -0.1) is 0 Å². The lowest BCUT2D eigenvalue weighted by atomic mass is 10.2. The Morgan fingerprint density at radius 2 is 1.50 bits per heavy atom. The highest BCUT2D eigenvalue weighted by Gasteiger charge is 2.25. The molecule has 3 heteroatoms. The summed E-state index contributed by atoms with van der Waals surface area (Å²) in [4.78, 5) is 15.1. The minimum atomic E-state index is 0.0683. The van der Waals surface area contributed by atoms with E-state index in [1.807, 2.05) is 48.7 Å². The molecule has 1 rings (SSSR count). The Morgan fingerprint density at radius 3 is 1.86 bits per heavy atom. The Hall–Kier alpha value is -0.570.